The Hall–Kier alpha value is -0.620. The van der Waals surface area contributed by atoms with Gasteiger partial charge in [0, 0.05) is 19.1 Å². The Balaban J connectivity index is 2.46. The van der Waals surface area contributed by atoms with Gasteiger partial charge in [-0.25, -0.2) is 8.42 Å². The molecule has 1 saturated heterocycles. The number of halogens is 1. The molecule has 1 heterocycles. The quantitative estimate of drug-likeness (QED) is 0.926. The SMILES string of the molecule is CC1CC(C)C(C)N(S(=O)(=O)c2cc(CN)ccc2Cl)C1. The lowest BCUT2D eigenvalue weighted by atomic mass is 9.88. The number of sulfonamides is 1. The van der Waals surface area contributed by atoms with Crippen LogP contribution in [0.2, 0.25) is 5.02 Å². The first-order valence-corrected chi connectivity index (χ1v) is 9.09. The molecule has 1 aliphatic rings. The predicted molar refractivity (Wildman–Crippen MR) is 85.6 cm³/mol. The second kappa shape index (κ2) is 6.24. The smallest absolute Gasteiger partial charge is 0.244 e. The van der Waals surface area contributed by atoms with E-state index in [1.165, 1.54) is 0 Å². The number of rotatable bonds is 3. The van der Waals surface area contributed by atoms with Crippen LogP contribution in [-0.4, -0.2) is 25.3 Å². The van der Waals surface area contributed by atoms with Gasteiger partial charge in [0.25, 0.3) is 0 Å². The van der Waals surface area contributed by atoms with Gasteiger partial charge in [-0.2, -0.15) is 4.31 Å². The van der Waals surface area contributed by atoms with Crippen LogP contribution in [0.15, 0.2) is 23.1 Å². The van der Waals surface area contributed by atoms with Crippen LogP contribution in [0.1, 0.15) is 32.8 Å². The van der Waals surface area contributed by atoms with Crippen LogP contribution in [0, 0.1) is 11.8 Å². The fraction of sp³-hybridized carbons (Fsp3) is 0.600. The Morgan fingerprint density at radius 1 is 1.33 bits per heavy atom. The predicted octanol–water partition coefficient (Wildman–Crippen LogP) is 2.85. The molecule has 0 spiro atoms. The molecule has 0 amide bonds. The molecule has 6 heteroatoms. The first-order valence-electron chi connectivity index (χ1n) is 7.27. The van der Waals surface area contributed by atoms with E-state index in [-0.39, 0.29) is 16.0 Å². The molecule has 0 aromatic heterocycles. The third kappa shape index (κ3) is 3.26. The normalized spacial score (nSPS) is 27.8. The summed E-state index contributed by atoms with van der Waals surface area (Å²) in [7, 11) is -3.59. The number of nitrogens with zero attached hydrogens (tertiary/aromatic N) is 1. The molecule has 0 aliphatic carbocycles. The zero-order chi connectivity index (χ0) is 15.8. The number of piperidine rings is 1. The summed E-state index contributed by atoms with van der Waals surface area (Å²) in [6.07, 6.45) is 1.05. The van der Waals surface area contributed by atoms with Gasteiger partial charge in [0.15, 0.2) is 0 Å². The maximum absolute atomic E-state index is 13.0. The van der Waals surface area contributed by atoms with Gasteiger partial charge in [0.1, 0.15) is 4.90 Å². The van der Waals surface area contributed by atoms with Gasteiger partial charge in [0.05, 0.1) is 5.02 Å². The number of hydrogen-bond acceptors (Lipinski definition) is 3. The average molecular weight is 331 g/mol. The lowest BCUT2D eigenvalue weighted by molar-refractivity contribution is 0.157. The first kappa shape index (κ1) is 16.7. The molecule has 1 fully saturated rings. The second-order valence-corrected chi connectivity index (χ2v) is 8.37. The lowest BCUT2D eigenvalue weighted by Crippen LogP contribution is -2.48. The molecule has 1 aromatic rings. The Morgan fingerprint density at radius 2 is 2.00 bits per heavy atom. The highest BCUT2D eigenvalue weighted by molar-refractivity contribution is 7.89. The minimum absolute atomic E-state index is 0.0243. The van der Waals surface area contributed by atoms with E-state index in [1.54, 1.807) is 22.5 Å². The largest absolute Gasteiger partial charge is 0.326 e. The third-order valence-electron chi connectivity index (χ3n) is 4.36. The molecule has 0 bridgehead atoms. The Labute approximate surface area is 132 Å². The van der Waals surface area contributed by atoms with Crippen molar-refractivity contribution in [2.24, 2.45) is 17.6 Å². The first-order chi connectivity index (χ1) is 9.77. The van der Waals surface area contributed by atoms with Gasteiger partial charge >= 0.3 is 0 Å². The highest BCUT2D eigenvalue weighted by Crippen LogP contribution is 2.34. The third-order valence-corrected chi connectivity index (χ3v) is 6.80. The maximum atomic E-state index is 13.0. The van der Waals surface area contributed by atoms with Crippen LogP contribution in [0.5, 0.6) is 0 Å². The van der Waals surface area contributed by atoms with E-state index >= 15 is 0 Å². The Morgan fingerprint density at radius 3 is 2.62 bits per heavy atom. The van der Waals surface area contributed by atoms with Gasteiger partial charge in [-0.1, -0.05) is 31.5 Å². The van der Waals surface area contributed by atoms with Gasteiger partial charge in [0.2, 0.25) is 10.0 Å². The van der Waals surface area contributed by atoms with Crippen molar-refractivity contribution in [3.05, 3.63) is 28.8 Å². The van der Waals surface area contributed by atoms with Crippen LogP contribution >= 0.6 is 11.6 Å². The molecule has 4 nitrogen and oxygen atoms in total. The number of nitrogens with two attached hydrogens (primary N) is 1. The molecular formula is C15H23ClN2O2S. The average Bonchev–Trinajstić information content (AvgIpc) is 2.43. The summed E-state index contributed by atoms with van der Waals surface area (Å²) in [6, 6.07) is 4.93. The van der Waals surface area contributed by atoms with E-state index in [2.05, 4.69) is 13.8 Å². The molecular weight excluding hydrogens is 308 g/mol. The fourth-order valence-electron chi connectivity index (χ4n) is 2.98. The summed E-state index contributed by atoms with van der Waals surface area (Å²) >= 11 is 6.13. The van der Waals surface area contributed by atoms with Crippen LogP contribution in [0.25, 0.3) is 0 Å². The molecule has 118 valence electrons. The van der Waals surface area contributed by atoms with Crippen molar-refractivity contribution in [2.45, 2.75) is 44.7 Å². The highest BCUT2D eigenvalue weighted by Gasteiger charge is 2.38. The minimum Gasteiger partial charge on any atom is -0.326 e. The van der Waals surface area contributed by atoms with Crippen LogP contribution in [0.4, 0.5) is 0 Å². The van der Waals surface area contributed by atoms with Crippen molar-refractivity contribution < 1.29 is 8.42 Å². The molecule has 1 aliphatic heterocycles. The zero-order valence-corrected chi connectivity index (χ0v) is 14.3. The zero-order valence-electron chi connectivity index (χ0n) is 12.7. The second-order valence-electron chi connectivity index (χ2n) is 6.10. The van der Waals surface area contributed by atoms with Crippen molar-refractivity contribution in [2.75, 3.05) is 6.54 Å². The molecule has 0 saturated carbocycles. The van der Waals surface area contributed by atoms with Crippen LogP contribution < -0.4 is 5.73 Å². The summed E-state index contributed by atoms with van der Waals surface area (Å²) in [5.74, 6) is 0.683. The topological polar surface area (TPSA) is 63.4 Å². The summed E-state index contributed by atoms with van der Waals surface area (Å²) < 4.78 is 27.5. The summed E-state index contributed by atoms with van der Waals surface area (Å²) in [5.41, 5.74) is 6.38. The molecule has 0 radical (unpaired) electrons. The van der Waals surface area contributed by atoms with Crippen molar-refractivity contribution in [3.63, 3.8) is 0 Å². The van der Waals surface area contributed by atoms with E-state index in [4.69, 9.17) is 17.3 Å². The summed E-state index contributed by atoms with van der Waals surface area (Å²) in [5, 5.41) is 0.255. The van der Waals surface area contributed by atoms with Gasteiger partial charge in [-0.15, -0.1) is 0 Å². The number of benzene rings is 1. The van der Waals surface area contributed by atoms with E-state index in [0.29, 0.717) is 24.9 Å². The minimum atomic E-state index is -3.59. The monoisotopic (exact) mass is 330 g/mol. The van der Waals surface area contributed by atoms with E-state index in [0.717, 1.165) is 12.0 Å². The fourth-order valence-corrected chi connectivity index (χ4v) is 5.35. The van der Waals surface area contributed by atoms with Crippen molar-refractivity contribution in [3.8, 4) is 0 Å². The van der Waals surface area contributed by atoms with Gasteiger partial charge in [-0.3, -0.25) is 0 Å². The summed E-state index contributed by atoms with van der Waals surface area (Å²) in [4.78, 5) is 0.167. The van der Waals surface area contributed by atoms with E-state index in [9.17, 15) is 8.42 Å². The van der Waals surface area contributed by atoms with Crippen molar-refractivity contribution in [1.29, 1.82) is 0 Å². The van der Waals surface area contributed by atoms with Crippen molar-refractivity contribution in [1.82, 2.24) is 4.31 Å². The molecule has 2 N–H and O–H groups in total. The molecule has 1 aromatic carbocycles. The van der Waals surface area contributed by atoms with Gasteiger partial charge < -0.3 is 5.73 Å². The van der Waals surface area contributed by atoms with Crippen molar-refractivity contribution >= 4 is 21.6 Å². The maximum Gasteiger partial charge on any atom is 0.244 e. The molecule has 3 atom stereocenters. The standard InChI is InChI=1S/C15H23ClN2O2S/c1-10-6-11(2)12(3)18(9-10)21(19,20)15-7-13(8-17)4-5-14(15)16/h4-5,7,10-12H,6,8-9,17H2,1-3H3. The lowest BCUT2D eigenvalue weighted by Gasteiger charge is -2.40. The number of hydrogen-bond donors (Lipinski definition) is 1. The van der Waals surface area contributed by atoms with E-state index < -0.39 is 10.0 Å². The Kier molecular flexibility index (Phi) is 4.98. The highest BCUT2D eigenvalue weighted by atomic mass is 35.5. The van der Waals surface area contributed by atoms with Gasteiger partial charge in [-0.05, 0) is 42.9 Å². The Bertz CT molecular complexity index is 618. The molecule has 2 rings (SSSR count). The van der Waals surface area contributed by atoms with E-state index in [1.807, 2.05) is 6.92 Å². The summed E-state index contributed by atoms with van der Waals surface area (Å²) in [6.45, 7) is 6.98. The van der Waals surface area contributed by atoms with Crippen LogP contribution in [0.3, 0.4) is 0 Å². The molecule has 21 heavy (non-hydrogen) atoms. The van der Waals surface area contributed by atoms with Crippen LogP contribution in [-0.2, 0) is 16.6 Å². The molecule has 3 unspecified atom stereocenters.